The van der Waals surface area contributed by atoms with Gasteiger partial charge in [-0.15, -0.1) is 22.7 Å². The van der Waals surface area contributed by atoms with Gasteiger partial charge in [0.2, 0.25) is 0 Å². The van der Waals surface area contributed by atoms with Crippen molar-refractivity contribution >= 4 is 22.7 Å². The van der Waals surface area contributed by atoms with Gasteiger partial charge in [-0.05, 0) is 81.3 Å². The minimum atomic E-state index is 0.187. The molecule has 2 aromatic heterocycles. The van der Waals surface area contributed by atoms with E-state index in [1.165, 1.54) is 25.8 Å². The van der Waals surface area contributed by atoms with Gasteiger partial charge in [-0.3, -0.25) is 0 Å². The lowest BCUT2D eigenvalue weighted by atomic mass is 10.0. The molecule has 0 bridgehead atoms. The van der Waals surface area contributed by atoms with E-state index in [4.69, 9.17) is 9.47 Å². The number of aryl methyl sites for hydroxylation is 3. The van der Waals surface area contributed by atoms with E-state index in [0.29, 0.717) is 6.10 Å². The first-order chi connectivity index (χ1) is 13.8. The molecule has 4 nitrogen and oxygen atoms in total. The first-order valence-corrected chi connectivity index (χ1v) is 12.2. The predicted molar refractivity (Wildman–Crippen MR) is 118 cm³/mol. The molecule has 28 heavy (non-hydrogen) atoms. The van der Waals surface area contributed by atoms with E-state index in [-0.39, 0.29) is 12.2 Å². The number of nitrogens with one attached hydrogen (secondary N) is 2. The van der Waals surface area contributed by atoms with Crippen molar-refractivity contribution < 1.29 is 9.47 Å². The number of likely N-dealkylation sites (N-methyl/N-ethyl adjacent to an activating group) is 2. The van der Waals surface area contributed by atoms with Gasteiger partial charge < -0.3 is 20.1 Å². The summed E-state index contributed by atoms with van der Waals surface area (Å²) in [4.78, 5) is 4.53. The fourth-order valence-corrected chi connectivity index (χ4v) is 6.59. The highest BCUT2D eigenvalue weighted by molar-refractivity contribution is 7.12. The van der Waals surface area contributed by atoms with Crippen molar-refractivity contribution in [1.82, 2.24) is 10.6 Å². The topological polar surface area (TPSA) is 42.5 Å². The first kappa shape index (κ1) is 20.5. The van der Waals surface area contributed by atoms with Gasteiger partial charge in [0.15, 0.2) is 0 Å². The largest absolute Gasteiger partial charge is 0.372 e. The van der Waals surface area contributed by atoms with Gasteiger partial charge in [-0.1, -0.05) is 0 Å². The van der Waals surface area contributed by atoms with Crippen molar-refractivity contribution in [3.8, 4) is 0 Å². The Kier molecular flexibility index (Phi) is 7.20. The van der Waals surface area contributed by atoms with Crippen LogP contribution in [0.4, 0.5) is 0 Å². The second-order valence-corrected chi connectivity index (χ2v) is 10.0. The van der Waals surface area contributed by atoms with Crippen molar-refractivity contribution in [1.29, 1.82) is 0 Å². The highest BCUT2D eigenvalue weighted by Crippen LogP contribution is 2.36. The summed E-state index contributed by atoms with van der Waals surface area (Å²) in [5, 5.41) is 8.80. The molecule has 4 heterocycles. The standard InChI is InChI=1S/C22H32N2O2S2/c1-23-13-19-18-12-16(28-22(18)4-3-10-25-19)7-5-15-6-8-21-17(9-11-27-21)20(26-15)14-24-2/h9,11-12,15,19-20,23-24H,3-8,10,13-14H2,1-2H3/t15?,19?,20-/m0/s1. The van der Waals surface area contributed by atoms with Gasteiger partial charge in [0.05, 0.1) is 18.3 Å². The Morgan fingerprint density at radius 2 is 1.93 bits per heavy atom. The van der Waals surface area contributed by atoms with E-state index in [1.54, 1.807) is 0 Å². The average Bonchev–Trinajstić information content (AvgIpc) is 3.24. The van der Waals surface area contributed by atoms with Crippen LogP contribution in [0.15, 0.2) is 17.5 Å². The summed E-state index contributed by atoms with van der Waals surface area (Å²) in [6.45, 7) is 2.65. The maximum Gasteiger partial charge on any atom is 0.0963 e. The first-order valence-electron chi connectivity index (χ1n) is 10.5. The summed E-state index contributed by atoms with van der Waals surface area (Å²) in [6, 6.07) is 4.66. The third kappa shape index (κ3) is 4.69. The van der Waals surface area contributed by atoms with Crippen LogP contribution in [0.25, 0.3) is 0 Å². The normalized spacial score (nSPS) is 25.0. The van der Waals surface area contributed by atoms with Crippen molar-refractivity contribution in [3.63, 3.8) is 0 Å². The van der Waals surface area contributed by atoms with Crippen LogP contribution in [0.5, 0.6) is 0 Å². The summed E-state index contributed by atoms with van der Waals surface area (Å²) in [7, 11) is 4.02. The van der Waals surface area contributed by atoms with E-state index >= 15 is 0 Å². The van der Waals surface area contributed by atoms with Crippen molar-refractivity contribution in [2.45, 2.75) is 56.8 Å². The lowest BCUT2D eigenvalue weighted by Gasteiger charge is -2.22. The van der Waals surface area contributed by atoms with E-state index in [2.05, 4.69) is 28.1 Å². The number of thiophene rings is 2. The molecule has 4 rings (SSSR count). The summed E-state index contributed by atoms with van der Waals surface area (Å²) in [5.74, 6) is 0. The molecule has 2 N–H and O–H groups in total. The monoisotopic (exact) mass is 420 g/mol. The predicted octanol–water partition coefficient (Wildman–Crippen LogP) is 4.26. The third-order valence-electron chi connectivity index (χ3n) is 5.78. The van der Waals surface area contributed by atoms with Crippen LogP contribution in [0, 0.1) is 0 Å². The van der Waals surface area contributed by atoms with Crippen molar-refractivity contribution in [3.05, 3.63) is 43.3 Å². The fraction of sp³-hybridized carbons (Fsp3) is 0.636. The molecule has 6 heteroatoms. The van der Waals surface area contributed by atoms with Gasteiger partial charge in [0.25, 0.3) is 0 Å². The number of fused-ring (bicyclic) bond motifs is 2. The molecule has 0 saturated carbocycles. The molecule has 154 valence electrons. The zero-order valence-electron chi connectivity index (χ0n) is 17.0. The van der Waals surface area contributed by atoms with Gasteiger partial charge >= 0.3 is 0 Å². The van der Waals surface area contributed by atoms with Crippen LogP contribution in [0.2, 0.25) is 0 Å². The van der Waals surface area contributed by atoms with Crippen LogP contribution in [-0.2, 0) is 28.7 Å². The molecule has 2 aliphatic rings. The Bertz CT molecular complexity index is 758. The minimum absolute atomic E-state index is 0.187. The third-order valence-corrected chi connectivity index (χ3v) is 8.04. The number of ether oxygens (including phenoxy) is 2. The maximum absolute atomic E-state index is 6.55. The second kappa shape index (κ2) is 9.83. The van der Waals surface area contributed by atoms with Crippen molar-refractivity contribution in [2.24, 2.45) is 0 Å². The molecule has 0 amide bonds. The van der Waals surface area contributed by atoms with Crippen molar-refractivity contribution in [2.75, 3.05) is 33.8 Å². The number of hydrogen-bond donors (Lipinski definition) is 2. The summed E-state index contributed by atoms with van der Waals surface area (Å²) >= 11 is 3.88. The number of hydrogen-bond acceptors (Lipinski definition) is 6. The lowest BCUT2D eigenvalue weighted by molar-refractivity contribution is -0.0147. The minimum Gasteiger partial charge on any atom is -0.372 e. The van der Waals surface area contributed by atoms with Crippen LogP contribution in [-0.4, -0.2) is 39.9 Å². The van der Waals surface area contributed by atoms with Gasteiger partial charge in [-0.25, -0.2) is 0 Å². The van der Waals surface area contributed by atoms with Gasteiger partial charge in [-0.2, -0.15) is 0 Å². The highest BCUT2D eigenvalue weighted by atomic mass is 32.1. The van der Waals surface area contributed by atoms with E-state index in [9.17, 15) is 0 Å². The zero-order chi connectivity index (χ0) is 19.3. The molecule has 0 saturated heterocycles. The fourth-order valence-electron chi connectivity index (χ4n) is 4.36. The smallest absolute Gasteiger partial charge is 0.0963 e. The SMILES string of the molecule is CNCC1OCCCc2sc(CCC3CCc4sccc4[C@H](CNC)O3)cc21. The van der Waals surface area contributed by atoms with Gasteiger partial charge in [0.1, 0.15) is 0 Å². The Balaban J connectivity index is 1.41. The van der Waals surface area contributed by atoms with Crippen LogP contribution >= 0.6 is 22.7 Å². The quantitative estimate of drug-likeness (QED) is 0.702. The number of rotatable bonds is 7. The van der Waals surface area contributed by atoms with E-state index in [1.807, 2.05) is 36.8 Å². The Hall–Kier alpha value is -0.760. The lowest BCUT2D eigenvalue weighted by Crippen LogP contribution is -2.23. The molecule has 0 fully saturated rings. The highest BCUT2D eigenvalue weighted by Gasteiger charge is 2.26. The van der Waals surface area contributed by atoms with E-state index in [0.717, 1.165) is 58.2 Å². The Morgan fingerprint density at radius 3 is 2.79 bits per heavy atom. The maximum atomic E-state index is 6.55. The molecule has 2 aromatic rings. The van der Waals surface area contributed by atoms with Crippen LogP contribution < -0.4 is 10.6 Å². The second-order valence-electron chi connectivity index (χ2n) is 7.79. The summed E-state index contributed by atoms with van der Waals surface area (Å²) in [6.07, 6.45) is 7.51. The van der Waals surface area contributed by atoms with E-state index < -0.39 is 0 Å². The molecular weight excluding hydrogens is 388 g/mol. The summed E-state index contributed by atoms with van der Waals surface area (Å²) < 4.78 is 12.6. The molecule has 0 aromatic carbocycles. The average molecular weight is 421 g/mol. The molecule has 0 aliphatic carbocycles. The zero-order valence-corrected chi connectivity index (χ0v) is 18.6. The van der Waals surface area contributed by atoms with Crippen LogP contribution in [0.1, 0.15) is 57.2 Å². The molecular formula is C22H32N2O2S2. The molecule has 2 unspecified atom stereocenters. The van der Waals surface area contributed by atoms with Crippen LogP contribution in [0.3, 0.4) is 0 Å². The molecule has 0 spiro atoms. The Labute approximate surface area is 176 Å². The molecule has 2 aliphatic heterocycles. The summed E-state index contributed by atoms with van der Waals surface area (Å²) in [5.41, 5.74) is 2.82. The Morgan fingerprint density at radius 1 is 1.07 bits per heavy atom. The van der Waals surface area contributed by atoms with Gasteiger partial charge in [0, 0.05) is 34.3 Å². The molecule has 3 atom stereocenters. The molecule has 0 radical (unpaired) electrons.